The lowest BCUT2D eigenvalue weighted by Gasteiger charge is -2.26. The van der Waals surface area contributed by atoms with Crippen LogP contribution in [-0.4, -0.2) is 21.4 Å². The van der Waals surface area contributed by atoms with Gasteiger partial charge in [-0.25, -0.2) is 9.97 Å². The molecule has 1 unspecified atom stereocenters. The van der Waals surface area contributed by atoms with Crippen LogP contribution in [0.4, 0.5) is 5.95 Å². The number of halogens is 2. The third-order valence-electron chi connectivity index (χ3n) is 2.11. The maximum atomic E-state index is 5.87. The molecule has 0 radical (unpaired) electrons. The van der Waals surface area contributed by atoms with E-state index in [4.69, 9.17) is 11.6 Å². The number of nitrogens with zero attached hydrogens (tertiary/aromatic N) is 2. The molecule has 1 rings (SSSR count). The van der Waals surface area contributed by atoms with Crippen molar-refractivity contribution in [1.29, 1.82) is 0 Å². The number of nitrogens with one attached hydrogen (secondary N) is 1. The Morgan fingerprint density at radius 2 is 2.07 bits per heavy atom. The quantitative estimate of drug-likeness (QED) is 0.683. The summed E-state index contributed by atoms with van der Waals surface area (Å²) >= 11 is 8.04. The van der Waals surface area contributed by atoms with E-state index in [9.17, 15) is 0 Å². The molecule has 0 fully saturated rings. The van der Waals surface area contributed by atoms with Crippen molar-refractivity contribution in [2.75, 3.05) is 11.2 Å². The van der Waals surface area contributed by atoms with E-state index in [1.54, 1.807) is 12.4 Å². The van der Waals surface area contributed by atoms with Crippen LogP contribution in [0.15, 0.2) is 12.4 Å². The molecule has 0 aromatic carbocycles. The summed E-state index contributed by atoms with van der Waals surface area (Å²) in [4.78, 5) is 8.34. The fourth-order valence-electron chi connectivity index (χ4n) is 0.863. The van der Waals surface area contributed by atoms with E-state index in [1.165, 1.54) is 0 Å². The number of rotatable bonds is 4. The van der Waals surface area contributed by atoms with Crippen molar-refractivity contribution in [3.05, 3.63) is 16.0 Å². The average Bonchev–Trinajstić information content (AvgIpc) is 2.21. The molecule has 1 aromatic rings. The molecule has 0 aliphatic heterocycles. The van der Waals surface area contributed by atoms with Crippen LogP contribution >= 0.6 is 34.2 Å². The molecule has 0 amide bonds. The molecule has 1 atom stereocenters. The Hall–Kier alpha value is -0.100. The van der Waals surface area contributed by atoms with Gasteiger partial charge in [0.15, 0.2) is 0 Å². The van der Waals surface area contributed by atoms with Crippen molar-refractivity contribution in [3.63, 3.8) is 0 Å². The molecule has 78 valence electrons. The molecule has 0 saturated carbocycles. The fourth-order valence-corrected chi connectivity index (χ4v) is 1.40. The summed E-state index contributed by atoms with van der Waals surface area (Å²) in [5, 5.41) is 3.22. The van der Waals surface area contributed by atoms with E-state index in [-0.39, 0.29) is 5.54 Å². The number of hydrogen-bond acceptors (Lipinski definition) is 3. The van der Waals surface area contributed by atoms with Crippen LogP contribution in [0.25, 0.3) is 0 Å². The van der Waals surface area contributed by atoms with Gasteiger partial charge in [-0.1, -0.05) is 6.92 Å². The van der Waals surface area contributed by atoms with E-state index in [1.807, 2.05) is 0 Å². The first kappa shape index (κ1) is 12.0. The first-order valence-electron chi connectivity index (χ1n) is 4.41. The van der Waals surface area contributed by atoms with Gasteiger partial charge in [-0.2, -0.15) is 0 Å². The van der Waals surface area contributed by atoms with Crippen LogP contribution in [0.2, 0.25) is 0 Å². The average molecular weight is 326 g/mol. The molecule has 14 heavy (non-hydrogen) atoms. The highest BCUT2D eigenvalue weighted by Gasteiger charge is 2.21. The predicted molar refractivity (Wildman–Crippen MR) is 67.8 cm³/mol. The standard InChI is InChI=1S/C9H13ClIN3/c1-3-9(2,6-10)14-8-12-4-7(11)5-13-8/h4-5H,3,6H2,1-2H3,(H,12,13,14). The highest BCUT2D eigenvalue weighted by atomic mass is 127. The lowest BCUT2D eigenvalue weighted by atomic mass is 10.0. The van der Waals surface area contributed by atoms with Gasteiger partial charge < -0.3 is 5.32 Å². The van der Waals surface area contributed by atoms with Crippen molar-refractivity contribution in [3.8, 4) is 0 Å². The minimum atomic E-state index is -0.131. The van der Waals surface area contributed by atoms with E-state index in [2.05, 4.69) is 51.7 Å². The third kappa shape index (κ3) is 3.24. The molecule has 0 bridgehead atoms. The Morgan fingerprint density at radius 3 is 2.50 bits per heavy atom. The fraction of sp³-hybridized carbons (Fsp3) is 0.556. The molecule has 0 spiro atoms. The summed E-state index contributed by atoms with van der Waals surface area (Å²) in [5.74, 6) is 1.18. The van der Waals surface area contributed by atoms with E-state index < -0.39 is 0 Å². The van der Waals surface area contributed by atoms with Crippen LogP contribution in [0.1, 0.15) is 20.3 Å². The van der Waals surface area contributed by atoms with Crippen LogP contribution in [-0.2, 0) is 0 Å². The van der Waals surface area contributed by atoms with Gasteiger partial charge in [0, 0.05) is 21.8 Å². The van der Waals surface area contributed by atoms with Crippen molar-refractivity contribution in [1.82, 2.24) is 9.97 Å². The molecule has 5 heteroatoms. The van der Waals surface area contributed by atoms with E-state index >= 15 is 0 Å². The lowest BCUT2D eigenvalue weighted by molar-refractivity contribution is 0.548. The van der Waals surface area contributed by atoms with Gasteiger partial charge in [0.1, 0.15) is 0 Å². The minimum Gasteiger partial charge on any atom is -0.348 e. The van der Waals surface area contributed by atoms with Crippen LogP contribution in [0.5, 0.6) is 0 Å². The van der Waals surface area contributed by atoms with Gasteiger partial charge in [-0.3, -0.25) is 0 Å². The molecule has 0 saturated heterocycles. The second-order valence-corrected chi connectivity index (χ2v) is 4.91. The van der Waals surface area contributed by atoms with E-state index in [0.717, 1.165) is 9.99 Å². The highest BCUT2D eigenvalue weighted by Crippen LogP contribution is 2.16. The van der Waals surface area contributed by atoms with E-state index in [0.29, 0.717) is 11.8 Å². The third-order valence-corrected chi connectivity index (χ3v) is 3.26. The second kappa shape index (κ2) is 5.11. The zero-order valence-corrected chi connectivity index (χ0v) is 11.1. The SMILES string of the molecule is CCC(C)(CCl)Nc1ncc(I)cn1. The van der Waals surface area contributed by atoms with Gasteiger partial charge in [-0.05, 0) is 35.9 Å². The highest BCUT2D eigenvalue weighted by molar-refractivity contribution is 14.1. The molecule has 3 nitrogen and oxygen atoms in total. The zero-order valence-electron chi connectivity index (χ0n) is 8.22. The normalized spacial score (nSPS) is 14.9. The van der Waals surface area contributed by atoms with Gasteiger partial charge in [0.05, 0.1) is 5.54 Å². The first-order valence-corrected chi connectivity index (χ1v) is 6.02. The Labute approximate surface area is 103 Å². The predicted octanol–water partition coefficient (Wildman–Crippen LogP) is 2.90. The molecule has 1 N–H and O–H groups in total. The number of alkyl halides is 1. The summed E-state index contributed by atoms with van der Waals surface area (Å²) in [7, 11) is 0. The van der Waals surface area contributed by atoms with Gasteiger partial charge in [0.25, 0.3) is 0 Å². The first-order chi connectivity index (χ1) is 6.59. The smallest absolute Gasteiger partial charge is 0.223 e. The van der Waals surface area contributed by atoms with Crippen LogP contribution in [0, 0.1) is 3.57 Å². The van der Waals surface area contributed by atoms with Crippen molar-refractivity contribution >= 4 is 40.1 Å². The Morgan fingerprint density at radius 1 is 1.50 bits per heavy atom. The van der Waals surface area contributed by atoms with Crippen LogP contribution in [0.3, 0.4) is 0 Å². The molecule has 1 heterocycles. The Bertz CT molecular complexity index is 285. The Kier molecular flexibility index (Phi) is 4.37. The molecular formula is C9H13ClIN3. The van der Waals surface area contributed by atoms with Crippen molar-refractivity contribution in [2.24, 2.45) is 0 Å². The second-order valence-electron chi connectivity index (χ2n) is 3.40. The zero-order chi connectivity index (χ0) is 10.6. The monoisotopic (exact) mass is 325 g/mol. The molecule has 0 aliphatic rings. The molecule has 1 aromatic heterocycles. The molecule has 0 aliphatic carbocycles. The maximum absolute atomic E-state index is 5.87. The number of anilines is 1. The van der Waals surface area contributed by atoms with Crippen molar-refractivity contribution in [2.45, 2.75) is 25.8 Å². The number of hydrogen-bond donors (Lipinski definition) is 1. The van der Waals surface area contributed by atoms with Gasteiger partial charge in [0.2, 0.25) is 5.95 Å². The summed E-state index contributed by atoms with van der Waals surface area (Å²) in [5.41, 5.74) is -0.131. The minimum absolute atomic E-state index is 0.131. The van der Waals surface area contributed by atoms with Crippen molar-refractivity contribution < 1.29 is 0 Å². The maximum Gasteiger partial charge on any atom is 0.223 e. The summed E-state index contributed by atoms with van der Waals surface area (Å²) < 4.78 is 1.03. The largest absolute Gasteiger partial charge is 0.348 e. The summed E-state index contributed by atoms with van der Waals surface area (Å²) in [6.07, 6.45) is 4.49. The number of aromatic nitrogens is 2. The topological polar surface area (TPSA) is 37.8 Å². The van der Waals surface area contributed by atoms with Crippen LogP contribution < -0.4 is 5.32 Å². The van der Waals surface area contributed by atoms with Gasteiger partial charge >= 0.3 is 0 Å². The van der Waals surface area contributed by atoms with Gasteiger partial charge in [-0.15, -0.1) is 11.6 Å². The molecular weight excluding hydrogens is 312 g/mol. The lowest BCUT2D eigenvalue weighted by Crippen LogP contribution is -2.36. The summed E-state index contributed by atoms with van der Waals surface area (Å²) in [6, 6.07) is 0. The Balaban J connectivity index is 2.72. The summed E-state index contributed by atoms with van der Waals surface area (Å²) in [6.45, 7) is 4.14.